The Morgan fingerprint density at radius 2 is 1.71 bits per heavy atom. The molecular weight excluding hydrogens is 512 g/mol. The highest BCUT2D eigenvalue weighted by Crippen LogP contribution is 2.48. The molecule has 0 spiro atoms. The van der Waals surface area contributed by atoms with Gasteiger partial charge in [-0.1, -0.05) is 35.2 Å². The lowest BCUT2D eigenvalue weighted by Crippen LogP contribution is -2.62. The average molecular weight is 553 g/mol. The van der Waals surface area contributed by atoms with E-state index in [-0.39, 0.29) is 4.47 Å². The van der Waals surface area contributed by atoms with Crippen molar-refractivity contribution in [3.8, 4) is 0 Å². The van der Waals surface area contributed by atoms with Crippen molar-refractivity contribution >= 4 is 21.8 Å². The van der Waals surface area contributed by atoms with Crippen LogP contribution in [0, 0.1) is 29.4 Å². The number of carbonyl (C=O) groups excluding carboxylic acids is 1. The van der Waals surface area contributed by atoms with E-state index in [1.54, 1.807) is 0 Å². The molecule has 1 aromatic rings. The molecule has 1 amide bonds. The minimum Gasteiger partial charge on any atom is -0.352 e. The highest BCUT2D eigenvalue weighted by molar-refractivity contribution is 9.10. The summed E-state index contributed by atoms with van der Waals surface area (Å²) in [5.74, 6) is 0.374. The largest absolute Gasteiger partial charge is 0.352 e. The van der Waals surface area contributed by atoms with Crippen LogP contribution in [-0.4, -0.2) is 60.5 Å². The van der Waals surface area contributed by atoms with Gasteiger partial charge in [-0.25, -0.2) is 8.78 Å². The molecule has 0 aromatic heterocycles. The number of piperidine rings is 3. The first kappa shape index (κ1) is 25.6. The Morgan fingerprint density at radius 3 is 2.54 bits per heavy atom. The van der Waals surface area contributed by atoms with Crippen LogP contribution in [0.25, 0.3) is 0 Å². The highest BCUT2D eigenvalue weighted by Gasteiger charge is 2.49. The molecule has 3 aliphatic heterocycles. The Labute approximate surface area is 217 Å². The number of likely N-dealkylation sites (tertiary alicyclic amines) is 1. The van der Waals surface area contributed by atoms with Crippen molar-refractivity contribution in [2.24, 2.45) is 17.8 Å². The quantitative estimate of drug-likeness (QED) is 0.403. The smallest absolute Gasteiger partial charge is 0.257 e. The van der Waals surface area contributed by atoms with Gasteiger partial charge in [0.25, 0.3) is 5.91 Å². The second-order valence-electron chi connectivity index (χ2n) is 11.4. The van der Waals surface area contributed by atoms with E-state index in [0.717, 1.165) is 61.2 Å². The normalized spacial score (nSPS) is 31.0. The lowest BCUT2D eigenvalue weighted by molar-refractivity contribution is -0.0810. The van der Waals surface area contributed by atoms with Crippen molar-refractivity contribution < 1.29 is 13.6 Å². The maximum absolute atomic E-state index is 14.0. The van der Waals surface area contributed by atoms with Gasteiger partial charge in [-0.3, -0.25) is 14.6 Å². The van der Waals surface area contributed by atoms with Crippen LogP contribution in [0.3, 0.4) is 0 Å². The number of halogens is 3. The number of nitrogens with zero attached hydrogens (tertiary/aromatic N) is 2. The molecule has 5 atom stereocenters. The number of unbranched alkanes of at least 4 members (excludes halogenated alkanes) is 3. The van der Waals surface area contributed by atoms with Crippen LogP contribution < -0.4 is 5.32 Å². The van der Waals surface area contributed by atoms with E-state index in [1.807, 2.05) is 0 Å². The minimum atomic E-state index is -0.836. The van der Waals surface area contributed by atoms with E-state index in [9.17, 15) is 13.6 Å². The van der Waals surface area contributed by atoms with Crippen LogP contribution in [0.4, 0.5) is 8.78 Å². The molecule has 1 aliphatic carbocycles. The van der Waals surface area contributed by atoms with Gasteiger partial charge in [0.15, 0.2) is 0 Å². The lowest BCUT2D eigenvalue weighted by atomic mass is 9.62. The molecule has 35 heavy (non-hydrogen) atoms. The fraction of sp³-hybridized carbons (Fsp3) is 0.750. The number of rotatable bonds is 8. The molecule has 2 bridgehead atoms. The molecule has 194 valence electrons. The molecule has 3 saturated heterocycles. The molecule has 0 radical (unpaired) electrons. The van der Waals surface area contributed by atoms with Gasteiger partial charge in [-0.15, -0.1) is 0 Å². The van der Waals surface area contributed by atoms with Gasteiger partial charge in [0.2, 0.25) is 0 Å². The molecule has 5 rings (SSSR count). The number of benzene rings is 1. The topological polar surface area (TPSA) is 35.6 Å². The first-order chi connectivity index (χ1) is 17.0. The zero-order valence-electron chi connectivity index (χ0n) is 20.8. The molecule has 4 nitrogen and oxygen atoms in total. The lowest BCUT2D eigenvalue weighted by Gasteiger charge is -2.58. The molecule has 4 fully saturated rings. The monoisotopic (exact) mass is 551 g/mol. The zero-order chi connectivity index (χ0) is 24.4. The highest BCUT2D eigenvalue weighted by atomic mass is 79.9. The summed E-state index contributed by atoms with van der Waals surface area (Å²) in [4.78, 5) is 17.9. The van der Waals surface area contributed by atoms with Gasteiger partial charge in [-0.2, -0.15) is 0 Å². The second kappa shape index (κ2) is 11.6. The molecule has 1 aromatic carbocycles. The zero-order valence-corrected chi connectivity index (χ0v) is 22.4. The summed E-state index contributed by atoms with van der Waals surface area (Å²) in [6.07, 6.45) is 14.1. The van der Waals surface area contributed by atoms with Crippen molar-refractivity contribution in [1.82, 2.24) is 15.1 Å². The average Bonchev–Trinajstić information content (AvgIpc) is 2.83. The SMILES string of the molecule is O=C(NCCCCCCN1CCC[C@@H]2C[C@@H]3C[C@@H](CN4CCCC[C@H]34)[C@@H]21)c1c(F)cc(Br)cc1F. The van der Waals surface area contributed by atoms with Gasteiger partial charge in [0.1, 0.15) is 17.2 Å². The molecule has 3 heterocycles. The summed E-state index contributed by atoms with van der Waals surface area (Å²) < 4.78 is 28.2. The Bertz CT molecular complexity index is 876. The molecule has 0 unspecified atom stereocenters. The van der Waals surface area contributed by atoms with Crippen LogP contribution in [-0.2, 0) is 0 Å². The van der Waals surface area contributed by atoms with Crippen LogP contribution >= 0.6 is 15.9 Å². The summed E-state index contributed by atoms with van der Waals surface area (Å²) in [7, 11) is 0. The first-order valence-electron chi connectivity index (χ1n) is 13.9. The fourth-order valence-corrected chi connectivity index (χ4v) is 8.21. The summed E-state index contributed by atoms with van der Waals surface area (Å²) in [5, 5.41) is 2.67. The fourth-order valence-electron chi connectivity index (χ4n) is 7.81. The number of hydrogen-bond donors (Lipinski definition) is 1. The number of carbonyl (C=O) groups is 1. The van der Waals surface area contributed by atoms with E-state index in [2.05, 4.69) is 31.0 Å². The van der Waals surface area contributed by atoms with E-state index < -0.39 is 23.1 Å². The first-order valence-corrected chi connectivity index (χ1v) is 14.7. The summed E-state index contributed by atoms with van der Waals surface area (Å²) >= 11 is 3.04. The van der Waals surface area contributed by atoms with Crippen molar-refractivity contribution in [3.05, 3.63) is 33.8 Å². The predicted octanol–water partition coefficient (Wildman–Crippen LogP) is 5.99. The Morgan fingerprint density at radius 1 is 0.943 bits per heavy atom. The molecule has 7 heteroatoms. The van der Waals surface area contributed by atoms with E-state index in [1.165, 1.54) is 77.5 Å². The van der Waals surface area contributed by atoms with Crippen molar-refractivity contribution in [2.45, 2.75) is 82.7 Å². The van der Waals surface area contributed by atoms with Gasteiger partial charge in [0.05, 0.1) is 0 Å². The standard InChI is InChI=1S/C28H40BrF2N3O/c29-22-16-23(30)26(24(31)17-22)28(35)32-10-4-1-2-5-11-33-13-7-8-19-14-20-15-21(27(19)33)18-34-12-6-3-9-25(20)34/h16-17,19-21,25,27H,1-15,18H2,(H,32,35)/t19-,20-,21+,25-,27-/m1/s1. The molecule has 1 N–H and O–H groups in total. The van der Waals surface area contributed by atoms with Gasteiger partial charge >= 0.3 is 0 Å². The van der Waals surface area contributed by atoms with Crippen LogP contribution in [0.15, 0.2) is 16.6 Å². The van der Waals surface area contributed by atoms with Crippen molar-refractivity contribution in [1.29, 1.82) is 0 Å². The van der Waals surface area contributed by atoms with Crippen molar-refractivity contribution in [2.75, 3.05) is 32.7 Å². The molecular formula is C28H40BrF2N3O. The Hall–Kier alpha value is -1.05. The van der Waals surface area contributed by atoms with Gasteiger partial charge in [0, 0.05) is 29.6 Å². The van der Waals surface area contributed by atoms with Crippen LogP contribution in [0.5, 0.6) is 0 Å². The summed E-state index contributed by atoms with van der Waals surface area (Å²) in [6.45, 7) is 5.55. The van der Waals surface area contributed by atoms with Crippen LogP contribution in [0.1, 0.15) is 81.0 Å². The number of amides is 1. The summed E-state index contributed by atoms with van der Waals surface area (Å²) in [5.41, 5.74) is -0.499. The van der Waals surface area contributed by atoms with E-state index >= 15 is 0 Å². The second-order valence-corrected chi connectivity index (χ2v) is 12.3. The minimum absolute atomic E-state index is 0.288. The third-order valence-electron chi connectivity index (χ3n) is 9.19. The number of nitrogens with one attached hydrogen (secondary N) is 1. The van der Waals surface area contributed by atoms with E-state index in [4.69, 9.17) is 0 Å². The van der Waals surface area contributed by atoms with Gasteiger partial charge in [-0.05, 0) is 101 Å². The summed E-state index contributed by atoms with van der Waals surface area (Å²) in [6, 6.07) is 3.91. The maximum Gasteiger partial charge on any atom is 0.257 e. The Kier molecular flexibility index (Phi) is 8.45. The third kappa shape index (κ3) is 5.77. The maximum atomic E-state index is 14.0. The van der Waals surface area contributed by atoms with Crippen LogP contribution in [0.2, 0.25) is 0 Å². The van der Waals surface area contributed by atoms with Crippen molar-refractivity contribution in [3.63, 3.8) is 0 Å². The number of hydrogen-bond acceptors (Lipinski definition) is 3. The molecule has 1 saturated carbocycles. The van der Waals surface area contributed by atoms with E-state index in [0.29, 0.717) is 6.54 Å². The third-order valence-corrected chi connectivity index (χ3v) is 9.65. The van der Waals surface area contributed by atoms with Gasteiger partial charge < -0.3 is 5.32 Å². The number of fused-ring (bicyclic) bond motifs is 6. The molecule has 4 aliphatic rings. The predicted molar refractivity (Wildman–Crippen MR) is 138 cm³/mol. The Balaban J connectivity index is 1.03.